The van der Waals surface area contributed by atoms with Crippen LogP contribution in [0.2, 0.25) is 0 Å². The molecule has 5 aromatic rings. The van der Waals surface area contributed by atoms with Crippen molar-refractivity contribution in [3.63, 3.8) is 0 Å². The van der Waals surface area contributed by atoms with Crippen molar-refractivity contribution >= 4 is 35.1 Å². The minimum atomic E-state index is -0.173. The lowest BCUT2D eigenvalue weighted by atomic mass is 10.1. The Balaban J connectivity index is 1.42. The minimum Gasteiger partial charge on any atom is -0.463 e. The molecule has 0 unspecified atom stereocenters. The zero-order chi connectivity index (χ0) is 25.0. The first-order chi connectivity index (χ1) is 18.3. The summed E-state index contributed by atoms with van der Waals surface area (Å²) in [5.41, 5.74) is 4.31. The summed E-state index contributed by atoms with van der Waals surface area (Å²) in [4.78, 5) is 14.8. The third kappa shape index (κ3) is 4.77. The van der Waals surface area contributed by atoms with Gasteiger partial charge in [-0.05, 0) is 54.6 Å². The lowest BCUT2D eigenvalue weighted by Crippen LogP contribution is -2.21. The van der Waals surface area contributed by atoms with Gasteiger partial charge in [-0.2, -0.15) is 15.2 Å². The largest absolute Gasteiger partial charge is 0.463 e. The number of carbonyl (C=O) groups excluding carboxylic acids is 1. The van der Waals surface area contributed by atoms with Crippen LogP contribution >= 0.6 is 11.8 Å². The van der Waals surface area contributed by atoms with Crippen LogP contribution in [-0.2, 0) is 4.79 Å². The van der Waals surface area contributed by atoms with Crippen molar-refractivity contribution in [3.8, 4) is 17.1 Å². The maximum absolute atomic E-state index is 13.7. The Kier molecular flexibility index (Phi) is 6.27. The molecular weight excluding hydrogens is 480 g/mol. The van der Waals surface area contributed by atoms with Crippen molar-refractivity contribution in [2.24, 2.45) is 5.10 Å². The first-order valence-electron chi connectivity index (χ1n) is 11.8. The summed E-state index contributed by atoms with van der Waals surface area (Å²) < 4.78 is 7.49. The molecule has 0 aliphatic carbocycles. The van der Waals surface area contributed by atoms with Crippen molar-refractivity contribution in [1.29, 1.82) is 0 Å². The van der Waals surface area contributed by atoms with Crippen LogP contribution in [0.4, 0.5) is 5.69 Å². The highest BCUT2D eigenvalue weighted by Gasteiger charge is 2.31. The van der Waals surface area contributed by atoms with Crippen molar-refractivity contribution in [1.82, 2.24) is 9.78 Å². The fraction of sp³-hybridized carbons (Fsp3) is 0.0333. The van der Waals surface area contributed by atoms with E-state index in [1.807, 2.05) is 103 Å². The van der Waals surface area contributed by atoms with E-state index in [9.17, 15) is 4.79 Å². The van der Waals surface area contributed by atoms with Gasteiger partial charge in [-0.1, -0.05) is 54.6 Å². The molecule has 0 saturated carbocycles. The molecule has 0 saturated heterocycles. The molecule has 6 nitrogen and oxygen atoms in total. The molecule has 37 heavy (non-hydrogen) atoms. The van der Waals surface area contributed by atoms with Crippen LogP contribution in [0.5, 0.6) is 0 Å². The van der Waals surface area contributed by atoms with Gasteiger partial charge in [-0.3, -0.25) is 4.79 Å². The topological polar surface area (TPSA) is 63.6 Å². The molecule has 7 heteroatoms. The number of thioether (sulfide) groups is 1. The monoisotopic (exact) mass is 502 g/mol. The quantitative estimate of drug-likeness (QED) is 0.183. The third-order valence-electron chi connectivity index (χ3n) is 5.89. The minimum absolute atomic E-state index is 0.173. The number of aromatic nitrogens is 2. The van der Waals surface area contributed by atoms with Gasteiger partial charge in [0, 0.05) is 22.4 Å². The van der Waals surface area contributed by atoms with E-state index in [4.69, 9.17) is 14.6 Å². The van der Waals surface area contributed by atoms with E-state index in [2.05, 4.69) is 12.1 Å². The summed E-state index contributed by atoms with van der Waals surface area (Å²) in [5.74, 6) is 1.00. The van der Waals surface area contributed by atoms with Crippen LogP contribution in [-0.4, -0.2) is 27.2 Å². The molecule has 6 rings (SSSR count). The average Bonchev–Trinajstić information content (AvgIpc) is 3.70. The maximum atomic E-state index is 13.7. The molecule has 1 amide bonds. The molecule has 0 N–H and O–H groups in total. The SMILES string of the molecule is O=C1/C(=C/c2cn(-c3ccccc3)nc2-c2ccco2)C(CSc2ccccc2)=NN1c1ccccc1. The number of carbonyl (C=O) groups is 1. The fourth-order valence-corrected chi connectivity index (χ4v) is 4.95. The number of nitrogens with zero attached hydrogens (tertiary/aromatic N) is 4. The van der Waals surface area contributed by atoms with E-state index in [1.54, 1.807) is 22.7 Å². The van der Waals surface area contributed by atoms with Gasteiger partial charge in [0.15, 0.2) is 5.76 Å². The molecule has 1 aliphatic heterocycles. The highest BCUT2D eigenvalue weighted by Crippen LogP contribution is 2.31. The summed E-state index contributed by atoms with van der Waals surface area (Å²) in [6.45, 7) is 0. The Labute approximate surface area is 218 Å². The number of hydrogen-bond acceptors (Lipinski definition) is 5. The highest BCUT2D eigenvalue weighted by molar-refractivity contribution is 8.00. The van der Waals surface area contributed by atoms with E-state index in [-0.39, 0.29) is 5.91 Å². The van der Waals surface area contributed by atoms with Crippen LogP contribution in [0, 0.1) is 0 Å². The number of furan rings is 1. The van der Waals surface area contributed by atoms with E-state index in [1.165, 1.54) is 5.01 Å². The van der Waals surface area contributed by atoms with Gasteiger partial charge in [0.25, 0.3) is 5.91 Å². The average molecular weight is 503 g/mol. The van der Waals surface area contributed by atoms with Crippen molar-refractivity contribution < 1.29 is 9.21 Å². The fourth-order valence-electron chi connectivity index (χ4n) is 4.09. The predicted octanol–water partition coefficient (Wildman–Crippen LogP) is 6.71. The Morgan fingerprint density at radius 1 is 0.811 bits per heavy atom. The normalized spacial score (nSPS) is 14.4. The molecule has 2 aromatic heterocycles. The number of rotatable bonds is 7. The van der Waals surface area contributed by atoms with Crippen LogP contribution in [0.3, 0.4) is 0 Å². The lowest BCUT2D eigenvalue weighted by Gasteiger charge is -2.10. The Morgan fingerprint density at radius 3 is 2.16 bits per heavy atom. The third-order valence-corrected chi connectivity index (χ3v) is 6.91. The van der Waals surface area contributed by atoms with Crippen molar-refractivity contribution in [2.75, 3.05) is 10.8 Å². The van der Waals surface area contributed by atoms with Crippen molar-refractivity contribution in [2.45, 2.75) is 4.90 Å². The molecular formula is C30H22N4O2S. The lowest BCUT2D eigenvalue weighted by molar-refractivity contribution is -0.114. The van der Waals surface area contributed by atoms with E-state index >= 15 is 0 Å². The summed E-state index contributed by atoms with van der Waals surface area (Å²) in [7, 11) is 0. The van der Waals surface area contributed by atoms with Gasteiger partial charge in [0.1, 0.15) is 5.69 Å². The molecule has 3 heterocycles. The van der Waals surface area contributed by atoms with Crippen LogP contribution in [0.25, 0.3) is 23.2 Å². The van der Waals surface area contributed by atoms with Gasteiger partial charge in [0.2, 0.25) is 0 Å². The highest BCUT2D eigenvalue weighted by atomic mass is 32.2. The van der Waals surface area contributed by atoms with E-state index in [0.29, 0.717) is 28.5 Å². The molecule has 1 aliphatic rings. The molecule has 0 radical (unpaired) electrons. The summed E-state index contributed by atoms with van der Waals surface area (Å²) in [6, 6.07) is 33.1. The van der Waals surface area contributed by atoms with Crippen LogP contribution < -0.4 is 5.01 Å². The number of benzene rings is 3. The van der Waals surface area contributed by atoms with Gasteiger partial charge < -0.3 is 4.42 Å². The Bertz CT molecular complexity index is 1570. The number of hydrogen-bond donors (Lipinski definition) is 0. The standard InChI is InChI=1S/C30H22N4O2S/c35-30-26(19-22-20-33(23-11-4-1-5-12-23)32-29(22)28-17-10-18-36-28)27(21-37-25-15-8-3-9-16-25)31-34(30)24-13-6-2-7-14-24/h1-20H,21H2/b26-19+. The van der Waals surface area contributed by atoms with Crippen LogP contribution in [0.1, 0.15) is 5.56 Å². The number of para-hydroxylation sites is 2. The maximum Gasteiger partial charge on any atom is 0.280 e. The Morgan fingerprint density at radius 2 is 1.49 bits per heavy atom. The molecule has 3 aromatic carbocycles. The van der Waals surface area contributed by atoms with E-state index in [0.717, 1.165) is 21.8 Å². The molecule has 0 bridgehead atoms. The van der Waals surface area contributed by atoms with Crippen molar-refractivity contribution in [3.05, 3.63) is 127 Å². The Hall–Kier alpha value is -4.62. The zero-order valence-electron chi connectivity index (χ0n) is 19.8. The summed E-state index contributed by atoms with van der Waals surface area (Å²) in [6.07, 6.45) is 5.41. The first kappa shape index (κ1) is 22.8. The van der Waals surface area contributed by atoms with Crippen LogP contribution in [0.15, 0.2) is 136 Å². The number of anilines is 1. The van der Waals surface area contributed by atoms with Gasteiger partial charge in [0.05, 0.1) is 28.9 Å². The van der Waals surface area contributed by atoms with E-state index < -0.39 is 0 Å². The van der Waals surface area contributed by atoms with Gasteiger partial charge in [-0.15, -0.1) is 11.8 Å². The summed E-state index contributed by atoms with van der Waals surface area (Å²) >= 11 is 1.65. The summed E-state index contributed by atoms with van der Waals surface area (Å²) in [5, 5.41) is 11.0. The van der Waals surface area contributed by atoms with Gasteiger partial charge >= 0.3 is 0 Å². The molecule has 180 valence electrons. The number of hydrazone groups is 1. The second-order valence-corrected chi connectivity index (χ2v) is 9.40. The second-order valence-electron chi connectivity index (χ2n) is 8.35. The zero-order valence-corrected chi connectivity index (χ0v) is 20.6. The molecule has 0 fully saturated rings. The smallest absolute Gasteiger partial charge is 0.280 e. The number of amides is 1. The van der Waals surface area contributed by atoms with Gasteiger partial charge in [-0.25, -0.2) is 4.68 Å². The predicted molar refractivity (Wildman–Crippen MR) is 148 cm³/mol. The second kappa shape index (κ2) is 10.2. The first-order valence-corrected chi connectivity index (χ1v) is 12.8. The molecule has 0 atom stereocenters. The molecule has 0 spiro atoms.